The highest BCUT2D eigenvalue weighted by Crippen LogP contribution is 2.57. The van der Waals surface area contributed by atoms with Crippen molar-refractivity contribution >= 4 is 11.9 Å². The third-order valence-corrected chi connectivity index (χ3v) is 3.61. The summed E-state index contributed by atoms with van der Waals surface area (Å²) >= 11 is 0. The van der Waals surface area contributed by atoms with Gasteiger partial charge in [-0.25, -0.2) is 8.78 Å². The van der Waals surface area contributed by atoms with Gasteiger partial charge in [0.05, 0.1) is 11.3 Å². The maximum Gasteiger partial charge on any atom is 0.394 e. The van der Waals surface area contributed by atoms with Gasteiger partial charge in [0.1, 0.15) is 5.41 Å². The van der Waals surface area contributed by atoms with Crippen LogP contribution in [0.4, 0.5) is 22.0 Å². The zero-order valence-corrected chi connectivity index (χ0v) is 10.1. The van der Waals surface area contributed by atoms with Crippen LogP contribution in [0.1, 0.15) is 13.3 Å². The molecule has 0 spiro atoms. The molecule has 1 aliphatic carbocycles. The fourth-order valence-electron chi connectivity index (χ4n) is 2.59. The first-order chi connectivity index (χ1) is 8.90. The van der Waals surface area contributed by atoms with E-state index in [-0.39, 0.29) is 0 Å². The lowest BCUT2D eigenvalue weighted by atomic mass is 9.57. The van der Waals surface area contributed by atoms with E-state index in [9.17, 15) is 31.5 Å². The van der Waals surface area contributed by atoms with Crippen LogP contribution in [0.5, 0.6) is 0 Å². The van der Waals surface area contributed by atoms with Crippen molar-refractivity contribution in [2.75, 3.05) is 0 Å². The van der Waals surface area contributed by atoms with Crippen LogP contribution in [0.3, 0.4) is 0 Å². The zero-order chi connectivity index (χ0) is 15.9. The van der Waals surface area contributed by atoms with Gasteiger partial charge in [-0.15, -0.1) is 0 Å². The molecule has 0 fully saturated rings. The van der Waals surface area contributed by atoms with E-state index in [0.717, 1.165) is 6.08 Å². The van der Waals surface area contributed by atoms with Gasteiger partial charge in [0.15, 0.2) is 0 Å². The Morgan fingerprint density at radius 1 is 1.25 bits per heavy atom. The highest BCUT2D eigenvalue weighted by Gasteiger charge is 2.71. The van der Waals surface area contributed by atoms with Gasteiger partial charge in [-0.2, -0.15) is 13.2 Å². The summed E-state index contributed by atoms with van der Waals surface area (Å²) in [6.07, 6.45) is -9.00. The largest absolute Gasteiger partial charge is 0.481 e. The molecule has 0 amide bonds. The third-order valence-electron chi connectivity index (χ3n) is 3.61. The topological polar surface area (TPSA) is 74.6 Å². The summed E-state index contributed by atoms with van der Waals surface area (Å²) in [5.41, 5.74) is -6.29. The molecule has 0 aromatic heterocycles. The summed E-state index contributed by atoms with van der Waals surface area (Å²) < 4.78 is 65.6. The van der Waals surface area contributed by atoms with E-state index >= 15 is 0 Å². The Hall–Kier alpha value is -1.67. The van der Waals surface area contributed by atoms with Crippen LogP contribution in [-0.2, 0) is 9.59 Å². The predicted octanol–water partition coefficient (Wildman–Crippen LogP) is 2.55. The van der Waals surface area contributed by atoms with Crippen molar-refractivity contribution in [3.05, 3.63) is 12.2 Å². The second-order valence-electron chi connectivity index (χ2n) is 4.82. The molecule has 0 aromatic rings. The average Bonchev–Trinajstić information content (AvgIpc) is 2.25. The second-order valence-corrected chi connectivity index (χ2v) is 4.82. The van der Waals surface area contributed by atoms with Gasteiger partial charge in [0.2, 0.25) is 0 Å². The minimum atomic E-state index is -5.41. The average molecular weight is 302 g/mol. The Balaban J connectivity index is 3.65. The number of halogens is 5. The van der Waals surface area contributed by atoms with Gasteiger partial charge in [-0.05, 0) is 13.3 Å². The number of allylic oxidation sites excluding steroid dienone is 1. The summed E-state index contributed by atoms with van der Waals surface area (Å²) in [5.74, 6) is -7.61. The van der Waals surface area contributed by atoms with E-state index in [1.54, 1.807) is 0 Å². The lowest BCUT2D eigenvalue weighted by molar-refractivity contribution is -0.260. The standard InChI is InChI=1S/C11H11F5O4/c1-9(7(17)18)3-2-4-10(6(12)13,8(19)20)5(9)11(14,15)16/h2-3,5-6H,4H2,1H3,(H,17,18)(H,19,20). The van der Waals surface area contributed by atoms with Gasteiger partial charge in [0, 0.05) is 0 Å². The molecular weight excluding hydrogens is 291 g/mol. The molecule has 4 nitrogen and oxygen atoms in total. The summed E-state index contributed by atoms with van der Waals surface area (Å²) in [6, 6.07) is 0. The van der Waals surface area contributed by atoms with Crippen LogP contribution in [-0.4, -0.2) is 34.8 Å². The number of hydrogen-bond donors (Lipinski definition) is 2. The third kappa shape index (κ3) is 2.14. The van der Waals surface area contributed by atoms with Crippen LogP contribution < -0.4 is 0 Å². The molecule has 0 saturated carbocycles. The van der Waals surface area contributed by atoms with Crippen LogP contribution in [0.15, 0.2) is 12.2 Å². The molecule has 1 aliphatic rings. The smallest absolute Gasteiger partial charge is 0.394 e. The van der Waals surface area contributed by atoms with Crippen molar-refractivity contribution in [1.82, 2.24) is 0 Å². The van der Waals surface area contributed by atoms with Crippen molar-refractivity contribution in [2.45, 2.75) is 25.9 Å². The first-order valence-electron chi connectivity index (χ1n) is 5.40. The quantitative estimate of drug-likeness (QED) is 0.620. The second kappa shape index (κ2) is 4.71. The molecule has 0 aliphatic heterocycles. The van der Waals surface area contributed by atoms with Crippen LogP contribution in [0.25, 0.3) is 0 Å². The number of carboxylic acids is 2. The Morgan fingerprint density at radius 2 is 1.75 bits per heavy atom. The molecule has 9 heteroatoms. The zero-order valence-electron chi connectivity index (χ0n) is 10.1. The molecule has 0 bridgehead atoms. The van der Waals surface area contributed by atoms with Gasteiger partial charge in [-0.1, -0.05) is 12.2 Å². The van der Waals surface area contributed by atoms with Crippen LogP contribution in [0, 0.1) is 16.7 Å². The Bertz CT molecular complexity index is 458. The number of hydrogen-bond acceptors (Lipinski definition) is 2. The molecule has 0 aromatic carbocycles. The lowest BCUT2D eigenvalue weighted by Gasteiger charge is -2.46. The monoisotopic (exact) mass is 302 g/mol. The minimum absolute atomic E-state index is 0.587. The molecule has 0 radical (unpaired) electrons. The van der Waals surface area contributed by atoms with Crippen molar-refractivity contribution < 1.29 is 41.8 Å². The van der Waals surface area contributed by atoms with Crippen LogP contribution >= 0.6 is 0 Å². The van der Waals surface area contributed by atoms with E-state index in [4.69, 9.17) is 10.2 Å². The normalized spacial score (nSPS) is 34.2. The molecule has 1 rings (SSSR count). The van der Waals surface area contributed by atoms with Gasteiger partial charge in [-0.3, -0.25) is 9.59 Å². The number of rotatable bonds is 3. The van der Waals surface area contributed by atoms with Crippen molar-refractivity contribution in [3.8, 4) is 0 Å². The number of carboxylic acid groups (broad SMARTS) is 2. The van der Waals surface area contributed by atoms with E-state index in [2.05, 4.69) is 0 Å². The maximum absolute atomic E-state index is 13.1. The fraction of sp³-hybridized carbons (Fsp3) is 0.636. The summed E-state index contributed by atoms with van der Waals surface area (Å²) in [6.45, 7) is 0.587. The first-order valence-corrected chi connectivity index (χ1v) is 5.40. The van der Waals surface area contributed by atoms with E-state index < -0.39 is 47.7 Å². The molecule has 2 N–H and O–H groups in total. The predicted molar refractivity (Wildman–Crippen MR) is 55.1 cm³/mol. The molecule has 0 saturated heterocycles. The number of carbonyl (C=O) groups is 2. The Morgan fingerprint density at radius 3 is 2.05 bits per heavy atom. The van der Waals surface area contributed by atoms with Gasteiger partial charge < -0.3 is 10.2 Å². The highest BCUT2D eigenvalue weighted by atomic mass is 19.4. The van der Waals surface area contributed by atoms with E-state index in [1.165, 1.54) is 0 Å². The minimum Gasteiger partial charge on any atom is -0.481 e. The molecule has 3 atom stereocenters. The number of aliphatic carboxylic acids is 2. The summed E-state index contributed by atoms with van der Waals surface area (Å²) in [7, 11) is 0. The molecular formula is C11H11F5O4. The van der Waals surface area contributed by atoms with Gasteiger partial charge in [0.25, 0.3) is 6.43 Å². The van der Waals surface area contributed by atoms with E-state index in [0.29, 0.717) is 13.0 Å². The van der Waals surface area contributed by atoms with E-state index in [1.807, 2.05) is 0 Å². The maximum atomic E-state index is 13.1. The molecule has 114 valence electrons. The number of alkyl halides is 5. The van der Waals surface area contributed by atoms with Crippen molar-refractivity contribution in [1.29, 1.82) is 0 Å². The van der Waals surface area contributed by atoms with Crippen molar-refractivity contribution in [2.24, 2.45) is 16.7 Å². The Kier molecular flexibility index (Phi) is 3.86. The van der Waals surface area contributed by atoms with Gasteiger partial charge >= 0.3 is 18.1 Å². The summed E-state index contributed by atoms with van der Waals surface area (Å²) in [5, 5.41) is 17.8. The highest BCUT2D eigenvalue weighted by molar-refractivity contribution is 5.83. The summed E-state index contributed by atoms with van der Waals surface area (Å²) in [4.78, 5) is 22.2. The first kappa shape index (κ1) is 16.4. The lowest BCUT2D eigenvalue weighted by Crippen LogP contribution is -2.59. The molecule has 3 unspecified atom stereocenters. The van der Waals surface area contributed by atoms with Crippen molar-refractivity contribution in [3.63, 3.8) is 0 Å². The molecule has 20 heavy (non-hydrogen) atoms. The Labute approximate surface area is 109 Å². The fourth-order valence-corrected chi connectivity index (χ4v) is 2.59. The molecule has 0 heterocycles. The van der Waals surface area contributed by atoms with Crippen LogP contribution in [0.2, 0.25) is 0 Å². The SMILES string of the molecule is CC1(C(=O)O)C=CCC(C(=O)O)(C(F)F)C1C(F)(F)F.